The van der Waals surface area contributed by atoms with E-state index in [9.17, 15) is 5.11 Å². The van der Waals surface area contributed by atoms with Crippen LogP contribution in [-0.2, 0) is 6.51 Å². The molecular weight excluding hydrogens is 216 g/mol. The van der Waals surface area contributed by atoms with Crippen molar-refractivity contribution in [2.45, 2.75) is 60.7 Å². The molecule has 0 aliphatic carbocycles. The van der Waals surface area contributed by atoms with Gasteiger partial charge < -0.3 is 0 Å². The molecule has 5 unspecified atom stereocenters. The molecule has 76 valence electrons. The SMILES string of the molecule is CC(O)[C]12[CH]3[CH]4[CH]5[CH]1[Fe]45321678[CH]2[CH]1[CH]6[CH]7[CH]28. The molecular formula is C12H14FeO. The van der Waals surface area contributed by atoms with Crippen molar-refractivity contribution in [3.8, 4) is 0 Å². The average molecular weight is 230 g/mol. The summed E-state index contributed by atoms with van der Waals surface area (Å²) in [5.74, 6) is 0. The number of aliphatic hydroxyl groups excluding tert-OH is 1. The van der Waals surface area contributed by atoms with Gasteiger partial charge in [0, 0.05) is 0 Å². The summed E-state index contributed by atoms with van der Waals surface area (Å²) in [4.78, 5) is 12.3. The fourth-order valence-electron chi connectivity index (χ4n) is 17.5. The van der Waals surface area contributed by atoms with E-state index in [4.69, 9.17) is 0 Å². The molecule has 1 spiro atoms. The van der Waals surface area contributed by atoms with Gasteiger partial charge in [0.15, 0.2) is 0 Å². The molecule has 2 heteroatoms. The summed E-state index contributed by atoms with van der Waals surface area (Å²) in [7, 11) is 0. The molecule has 10 rings (SSSR count). The summed E-state index contributed by atoms with van der Waals surface area (Å²) in [5.41, 5.74) is 0. The Morgan fingerprint density at radius 1 is 0.929 bits per heavy atom. The number of rotatable bonds is 1. The predicted octanol–water partition coefficient (Wildman–Crippen LogP) is 3.13. The van der Waals surface area contributed by atoms with E-state index in [0.29, 0.717) is 0 Å². The van der Waals surface area contributed by atoms with Gasteiger partial charge in [-0.2, -0.15) is 0 Å². The Bertz CT molecular complexity index is 800. The van der Waals surface area contributed by atoms with Gasteiger partial charge in [-0.05, 0) is 0 Å². The summed E-state index contributed by atoms with van der Waals surface area (Å²) >= 11 is 0. The summed E-state index contributed by atoms with van der Waals surface area (Å²) in [5, 5.41) is 10.4. The van der Waals surface area contributed by atoms with E-state index >= 15 is 0 Å². The third kappa shape index (κ3) is 0.0341. The molecule has 0 radical (unpaired) electrons. The third-order valence-corrected chi connectivity index (χ3v) is 58.2. The molecule has 10 aliphatic heterocycles. The molecule has 0 aromatic rings. The van der Waals surface area contributed by atoms with Crippen LogP contribution < -0.4 is 0 Å². The molecule has 0 aromatic heterocycles. The van der Waals surface area contributed by atoms with E-state index in [1.807, 2.05) is 0 Å². The van der Waals surface area contributed by atoms with Gasteiger partial charge >= 0.3 is 72.3 Å². The van der Waals surface area contributed by atoms with E-state index in [1.165, 1.54) is 43.3 Å². The van der Waals surface area contributed by atoms with Gasteiger partial charge in [0.25, 0.3) is 0 Å². The van der Waals surface area contributed by atoms with Crippen LogP contribution >= 0.6 is 0 Å². The minimum absolute atomic E-state index is 0.136. The molecule has 10 saturated heterocycles. The first-order chi connectivity index (χ1) is 6.49. The van der Waals surface area contributed by atoms with Gasteiger partial charge in [-0.25, -0.2) is 0 Å². The van der Waals surface area contributed by atoms with E-state index in [0.717, 1.165) is 4.31 Å². The average Bonchev–Trinajstić information content (AvgIpc) is 3.13. The van der Waals surface area contributed by atoms with Crippen LogP contribution in [0.4, 0.5) is 0 Å². The summed E-state index contributed by atoms with van der Waals surface area (Å²) in [6.07, 6.45) is 0.136. The van der Waals surface area contributed by atoms with Crippen LogP contribution in [0, 0.1) is 0 Å². The molecule has 10 fully saturated rings. The Morgan fingerprint density at radius 3 is 1.43 bits per heavy atom. The van der Waals surface area contributed by atoms with Gasteiger partial charge in [0.1, 0.15) is 0 Å². The maximum absolute atomic E-state index is 10.4. The molecule has 0 aromatic carbocycles. The van der Waals surface area contributed by atoms with Crippen molar-refractivity contribution in [3.05, 3.63) is 0 Å². The van der Waals surface area contributed by atoms with Crippen molar-refractivity contribution in [3.63, 3.8) is 0 Å². The van der Waals surface area contributed by atoms with Crippen LogP contribution in [-0.4, -0.2) is 11.2 Å². The third-order valence-electron chi connectivity index (χ3n) is 15.4. The summed E-state index contributed by atoms with van der Waals surface area (Å²) in [6.45, 7) is -0.658. The van der Waals surface area contributed by atoms with Crippen molar-refractivity contribution in [1.82, 2.24) is 0 Å². The van der Waals surface area contributed by atoms with Gasteiger partial charge in [0.2, 0.25) is 0 Å². The van der Waals surface area contributed by atoms with Gasteiger partial charge in [-0.1, -0.05) is 0 Å². The molecule has 10 aliphatic rings. The van der Waals surface area contributed by atoms with Crippen molar-refractivity contribution in [1.29, 1.82) is 0 Å². The molecule has 0 bridgehead atoms. The number of aliphatic hydroxyl groups is 1. The van der Waals surface area contributed by atoms with Crippen LogP contribution in [0.1, 0.15) is 6.92 Å². The summed E-state index contributed by atoms with van der Waals surface area (Å²) in [6, 6.07) is 0. The number of hydrogen-bond donors (Lipinski definition) is 1. The monoisotopic (exact) mass is 230 g/mol. The van der Waals surface area contributed by atoms with E-state index in [2.05, 4.69) is 6.92 Å². The van der Waals surface area contributed by atoms with Crippen LogP contribution in [0.25, 0.3) is 0 Å². The second kappa shape index (κ2) is 0.316. The molecule has 0 saturated carbocycles. The summed E-state index contributed by atoms with van der Waals surface area (Å²) < 4.78 is 0.749. The standard InChI is InChI=1S/C7H9O.C5H5.Fe/c1-6(8)7-4-2-3-5-7;1-2-4-5-3-1;/h2-6,8H,1H3;1-5H;. The fraction of sp³-hybridized carbons (Fsp3) is 1.00. The molecule has 14 heavy (non-hydrogen) atoms. The zero-order valence-corrected chi connectivity index (χ0v) is 9.18. The number of fused-ring (bicyclic) bond motifs is 10. The van der Waals surface area contributed by atoms with Gasteiger partial charge in [0.05, 0.1) is 0 Å². The van der Waals surface area contributed by atoms with Crippen LogP contribution in [0.3, 0.4) is 0 Å². The Kier molecular flexibility index (Phi) is 0.108. The molecule has 5 atom stereocenters. The quantitative estimate of drug-likeness (QED) is 0.686. The van der Waals surface area contributed by atoms with Crippen LogP contribution in [0.5, 0.6) is 0 Å². The second-order valence-electron chi connectivity index (χ2n) is 10.4. The normalized spacial score (nSPS) is 145. The van der Waals surface area contributed by atoms with Crippen molar-refractivity contribution in [2.75, 3.05) is 0 Å². The molecule has 0 amide bonds. The molecule has 10 heterocycles. The van der Waals surface area contributed by atoms with Crippen LogP contribution in [0.15, 0.2) is 0 Å². The van der Waals surface area contributed by atoms with E-state index in [-0.39, 0.29) is 6.10 Å². The Hall–Kier alpha value is 0.479. The van der Waals surface area contributed by atoms with Gasteiger partial charge in [-0.15, -0.1) is 0 Å². The fourth-order valence-corrected chi connectivity index (χ4v) is 93.0. The second-order valence-corrected chi connectivity index (χ2v) is 34.0. The minimum atomic E-state index is -2.84. The predicted molar refractivity (Wildman–Crippen MR) is 48.1 cm³/mol. The number of hydrogen-bond acceptors (Lipinski definition) is 1. The zero-order valence-electron chi connectivity index (χ0n) is 8.07. The van der Waals surface area contributed by atoms with E-state index in [1.54, 1.807) is 0 Å². The first-order valence-electron chi connectivity index (χ1n) is 6.38. The first kappa shape index (κ1) is 4.77. The Morgan fingerprint density at radius 2 is 1.36 bits per heavy atom. The topological polar surface area (TPSA) is 20.2 Å². The van der Waals surface area contributed by atoms with Crippen molar-refractivity contribution in [2.24, 2.45) is 0 Å². The van der Waals surface area contributed by atoms with Crippen molar-refractivity contribution >= 4 is 0 Å². The first-order valence-corrected chi connectivity index (χ1v) is 12.7. The van der Waals surface area contributed by atoms with E-state index < -0.39 is 6.51 Å². The van der Waals surface area contributed by atoms with Crippen molar-refractivity contribution < 1.29 is 11.6 Å². The Labute approximate surface area is 72.5 Å². The van der Waals surface area contributed by atoms with Gasteiger partial charge in [-0.3, -0.25) is 0 Å². The van der Waals surface area contributed by atoms with Crippen LogP contribution in [0.2, 0.25) is 47.7 Å². The maximum atomic E-state index is 10.4. The molecule has 1 N–H and O–H groups in total. The molecule has 1 nitrogen and oxygen atoms in total. The zero-order chi connectivity index (χ0) is 8.59. The Balaban J connectivity index is 1.94.